The van der Waals surface area contributed by atoms with E-state index in [1.807, 2.05) is 0 Å². The number of nitrogens with one attached hydrogen (secondary N) is 1. The lowest BCUT2D eigenvalue weighted by atomic mass is 10.0. The molecule has 0 spiro atoms. The summed E-state index contributed by atoms with van der Waals surface area (Å²) < 4.78 is 40.8. The molecule has 0 aliphatic carbocycles. The molecule has 0 saturated carbocycles. The molecular formula is C18H11ClF3N3O. The summed E-state index contributed by atoms with van der Waals surface area (Å²) in [5.74, 6) is -3.83. The first kappa shape index (κ1) is 17.8. The molecule has 3 N–H and O–H groups in total. The number of rotatable bonds is 3. The first-order valence-electron chi connectivity index (χ1n) is 7.33. The van der Waals surface area contributed by atoms with Gasteiger partial charge >= 0.3 is 0 Å². The van der Waals surface area contributed by atoms with Crippen molar-refractivity contribution in [3.63, 3.8) is 0 Å². The Bertz CT molecular complexity index is 970. The van der Waals surface area contributed by atoms with Crippen molar-refractivity contribution in [3.05, 3.63) is 76.6 Å². The predicted octanol–water partition coefficient (Wildman–Crippen LogP) is 4.65. The highest BCUT2D eigenvalue weighted by atomic mass is 35.5. The molecule has 1 amide bonds. The van der Waals surface area contributed by atoms with Crippen LogP contribution in [-0.2, 0) is 0 Å². The number of nitrogen functional groups attached to an aromatic ring is 1. The summed E-state index contributed by atoms with van der Waals surface area (Å²) in [5, 5.41) is 3.00. The third-order valence-electron chi connectivity index (χ3n) is 3.55. The number of carbonyl (C=O) groups excluding carboxylic acids is 1. The number of pyridine rings is 1. The van der Waals surface area contributed by atoms with Gasteiger partial charge in [-0.15, -0.1) is 0 Å². The molecular weight excluding hydrogens is 367 g/mol. The summed E-state index contributed by atoms with van der Waals surface area (Å²) in [6.45, 7) is 0. The van der Waals surface area contributed by atoms with E-state index in [2.05, 4.69) is 10.3 Å². The molecule has 0 unspecified atom stereocenters. The second kappa shape index (κ2) is 7.05. The lowest BCUT2D eigenvalue weighted by molar-refractivity contribution is 0.102. The molecule has 8 heteroatoms. The SMILES string of the molecule is Nc1nc(NC(=O)c2ccc(Cl)cc2)ccc1-c1c(F)cc(F)cc1F. The van der Waals surface area contributed by atoms with Gasteiger partial charge in [0.15, 0.2) is 0 Å². The van der Waals surface area contributed by atoms with Gasteiger partial charge < -0.3 is 11.1 Å². The lowest BCUT2D eigenvalue weighted by Gasteiger charge is -2.10. The van der Waals surface area contributed by atoms with E-state index in [1.165, 1.54) is 24.3 Å². The van der Waals surface area contributed by atoms with Gasteiger partial charge in [0.2, 0.25) is 0 Å². The molecule has 0 fully saturated rings. The quantitative estimate of drug-likeness (QED) is 0.698. The van der Waals surface area contributed by atoms with Gasteiger partial charge in [0.1, 0.15) is 29.1 Å². The smallest absolute Gasteiger partial charge is 0.256 e. The highest BCUT2D eigenvalue weighted by molar-refractivity contribution is 6.30. The number of hydrogen-bond acceptors (Lipinski definition) is 3. The molecule has 3 aromatic rings. The molecule has 3 rings (SSSR count). The summed E-state index contributed by atoms with van der Waals surface area (Å²) in [6.07, 6.45) is 0. The second-order valence-corrected chi connectivity index (χ2v) is 5.77. The van der Waals surface area contributed by atoms with Gasteiger partial charge in [-0.1, -0.05) is 11.6 Å². The van der Waals surface area contributed by atoms with E-state index >= 15 is 0 Å². The molecule has 1 heterocycles. The minimum atomic E-state index is -1.10. The average molecular weight is 378 g/mol. The summed E-state index contributed by atoms with van der Waals surface area (Å²) in [4.78, 5) is 16.1. The summed E-state index contributed by atoms with van der Waals surface area (Å²) in [6, 6.07) is 9.89. The van der Waals surface area contributed by atoms with E-state index < -0.39 is 28.9 Å². The summed E-state index contributed by atoms with van der Waals surface area (Å²) >= 11 is 5.76. The zero-order valence-corrected chi connectivity index (χ0v) is 13.8. The van der Waals surface area contributed by atoms with E-state index in [1.54, 1.807) is 12.1 Å². The number of nitrogens with two attached hydrogens (primary N) is 1. The van der Waals surface area contributed by atoms with Crippen LogP contribution in [0.25, 0.3) is 11.1 Å². The van der Waals surface area contributed by atoms with Crippen molar-refractivity contribution in [2.45, 2.75) is 0 Å². The normalized spacial score (nSPS) is 10.6. The Morgan fingerprint density at radius 3 is 2.19 bits per heavy atom. The maximum atomic E-state index is 13.9. The van der Waals surface area contributed by atoms with E-state index in [0.717, 1.165) is 0 Å². The molecule has 0 aliphatic heterocycles. The van der Waals surface area contributed by atoms with Gasteiger partial charge in [-0.2, -0.15) is 0 Å². The summed E-state index contributed by atoms with van der Waals surface area (Å²) in [5.41, 5.74) is 5.55. The first-order valence-corrected chi connectivity index (χ1v) is 7.71. The van der Waals surface area contributed by atoms with Crippen LogP contribution in [0.3, 0.4) is 0 Å². The van der Waals surface area contributed by atoms with Gasteiger partial charge in [0.05, 0.1) is 5.56 Å². The van der Waals surface area contributed by atoms with Crippen LogP contribution in [-0.4, -0.2) is 10.9 Å². The topological polar surface area (TPSA) is 68.0 Å². The molecule has 0 atom stereocenters. The Hall–Kier alpha value is -3.06. The number of carbonyl (C=O) groups is 1. The van der Waals surface area contributed by atoms with Gasteiger partial charge in [-0.3, -0.25) is 4.79 Å². The third kappa shape index (κ3) is 3.62. The van der Waals surface area contributed by atoms with Crippen molar-refractivity contribution >= 4 is 29.1 Å². The Balaban J connectivity index is 1.89. The monoisotopic (exact) mass is 377 g/mol. The van der Waals surface area contributed by atoms with Crippen LogP contribution in [0.5, 0.6) is 0 Å². The minimum Gasteiger partial charge on any atom is -0.383 e. The molecule has 4 nitrogen and oxygen atoms in total. The Morgan fingerprint density at radius 1 is 1.00 bits per heavy atom. The highest BCUT2D eigenvalue weighted by Gasteiger charge is 2.17. The number of nitrogens with zero attached hydrogens (tertiary/aromatic N) is 1. The van der Waals surface area contributed by atoms with Gasteiger partial charge in [-0.05, 0) is 36.4 Å². The van der Waals surface area contributed by atoms with Crippen molar-refractivity contribution < 1.29 is 18.0 Å². The van der Waals surface area contributed by atoms with Crippen molar-refractivity contribution in [1.82, 2.24) is 4.98 Å². The maximum Gasteiger partial charge on any atom is 0.256 e. The van der Waals surface area contributed by atoms with E-state index in [9.17, 15) is 18.0 Å². The number of hydrogen-bond donors (Lipinski definition) is 2. The number of anilines is 2. The number of aromatic nitrogens is 1. The Morgan fingerprint density at radius 2 is 1.62 bits per heavy atom. The van der Waals surface area contributed by atoms with Gasteiger partial charge in [0.25, 0.3) is 5.91 Å². The molecule has 0 bridgehead atoms. The van der Waals surface area contributed by atoms with Crippen LogP contribution in [0.4, 0.5) is 24.8 Å². The van der Waals surface area contributed by atoms with Gasteiger partial charge in [0, 0.05) is 28.3 Å². The van der Waals surface area contributed by atoms with Crippen LogP contribution in [0, 0.1) is 17.5 Å². The van der Waals surface area contributed by atoms with Crippen LogP contribution >= 0.6 is 11.6 Å². The number of halogens is 4. The highest BCUT2D eigenvalue weighted by Crippen LogP contribution is 2.31. The Kier molecular flexibility index (Phi) is 4.81. The van der Waals surface area contributed by atoms with E-state index in [4.69, 9.17) is 17.3 Å². The van der Waals surface area contributed by atoms with Gasteiger partial charge in [-0.25, -0.2) is 18.2 Å². The van der Waals surface area contributed by atoms with Crippen LogP contribution in [0.15, 0.2) is 48.5 Å². The maximum absolute atomic E-state index is 13.9. The molecule has 0 radical (unpaired) electrons. The van der Waals surface area contributed by atoms with E-state index in [0.29, 0.717) is 22.7 Å². The third-order valence-corrected chi connectivity index (χ3v) is 3.80. The van der Waals surface area contributed by atoms with Crippen LogP contribution in [0.1, 0.15) is 10.4 Å². The number of benzene rings is 2. The van der Waals surface area contributed by atoms with Crippen molar-refractivity contribution in [3.8, 4) is 11.1 Å². The Labute approximate surface area is 151 Å². The van der Waals surface area contributed by atoms with Crippen molar-refractivity contribution in [1.29, 1.82) is 0 Å². The average Bonchev–Trinajstić information content (AvgIpc) is 2.56. The first-order chi connectivity index (χ1) is 12.3. The van der Waals surface area contributed by atoms with Crippen molar-refractivity contribution in [2.24, 2.45) is 0 Å². The molecule has 2 aromatic carbocycles. The molecule has 26 heavy (non-hydrogen) atoms. The zero-order valence-electron chi connectivity index (χ0n) is 13.1. The zero-order chi connectivity index (χ0) is 18.8. The van der Waals surface area contributed by atoms with Crippen molar-refractivity contribution in [2.75, 3.05) is 11.1 Å². The molecule has 0 saturated heterocycles. The number of amides is 1. The fraction of sp³-hybridized carbons (Fsp3) is 0. The summed E-state index contributed by atoms with van der Waals surface area (Å²) in [7, 11) is 0. The standard InChI is InChI=1S/C18H11ClF3N3O/c19-10-3-1-9(2-4-10)18(26)25-15-6-5-12(17(23)24-15)16-13(21)7-11(20)8-14(16)22/h1-8H,(H3,23,24,25,26). The molecule has 0 aliphatic rings. The molecule has 132 valence electrons. The van der Waals surface area contributed by atoms with E-state index in [-0.39, 0.29) is 17.2 Å². The lowest BCUT2D eigenvalue weighted by Crippen LogP contribution is -2.13. The molecule has 1 aromatic heterocycles. The second-order valence-electron chi connectivity index (χ2n) is 5.33. The largest absolute Gasteiger partial charge is 0.383 e. The fourth-order valence-electron chi connectivity index (χ4n) is 2.35. The fourth-order valence-corrected chi connectivity index (χ4v) is 2.47. The van der Waals surface area contributed by atoms with Crippen LogP contribution in [0.2, 0.25) is 5.02 Å². The van der Waals surface area contributed by atoms with Crippen LogP contribution < -0.4 is 11.1 Å². The predicted molar refractivity (Wildman–Crippen MR) is 93.4 cm³/mol. The minimum absolute atomic E-state index is 0.0514.